The van der Waals surface area contributed by atoms with E-state index in [-0.39, 0.29) is 10.7 Å². The van der Waals surface area contributed by atoms with E-state index in [4.69, 9.17) is 0 Å². The van der Waals surface area contributed by atoms with Crippen LogP contribution < -0.4 is 5.32 Å². The number of anilines is 1. The molecule has 4 nitrogen and oxygen atoms in total. The quantitative estimate of drug-likeness (QED) is 0.841. The highest BCUT2D eigenvalue weighted by atomic mass is 32.1. The molecule has 17 heavy (non-hydrogen) atoms. The molecule has 0 fully saturated rings. The van der Waals surface area contributed by atoms with Crippen LogP contribution in [0.15, 0.2) is 17.6 Å². The third kappa shape index (κ3) is 2.41. The largest absolute Gasteiger partial charge is 0.296 e. The summed E-state index contributed by atoms with van der Waals surface area (Å²) in [6, 6.07) is 1.21. The van der Waals surface area contributed by atoms with Crippen LogP contribution >= 0.6 is 11.3 Å². The summed E-state index contributed by atoms with van der Waals surface area (Å²) in [5.74, 6) is -5.25. The second kappa shape index (κ2) is 4.50. The van der Waals surface area contributed by atoms with Crippen molar-refractivity contribution in [3.8, 4) is 0 Å². The van der Waals surface area contributed by atoms with Crippen molar-refractivity contribution >= 4 is 22.4 Å². The van der Waals surface area contributed by atoms with E-state index >= 15 is 0 Å². The molecule has 1 amide bonds. The predicted octanol–water partition coefficient (Wildman–Crippen LogP) is 2.21. The highest BCUT2D eigenvalue weighted by Crippen LogP contribution is 2.15. The third-order valence-corrected chi connectivity index (χ3v) is 2.43. The molecule has 0 unspecified atom stereocenters. The van der Waals surface area contributed by atoms with Crippen molar-refractivity contribution in [3.05, 3.63) is 40.7 Å². The monoisotopic (exact) mass is 259 g/mol. The molecule has 0 aliphatic carbocycles. The van der Waals surface area contributed by atoms with Crippen molar-refractivity contribution in [1.29, 1.82) is 0 Å². The summed E-state index contributed by atoms with van der Waals surface area (Å²) in [5.41, 5.74) is 1.04. The van der Waals surface area contributed by atoms with Gasteiger partial charge in [-0.25, -0.2) is 13.2 Å². The highest BCUT2D eigenvalue weighted by Gasteiger charge is 2.15. The Balaban J connectivity index is 2.26. The molecule has 2 rings (SSSR count). The maximum atomic E-state index is 12.9. The minimum Gasteiger partial charge on any atom is -0.296 e. The van der Waals surface area contributed by atoms with Gasteiger partial charge in [-0.3, -0.25) is 10.1 Å². The Morgan fingerprint density at radius 3 is 2.41 bits per heavy atom. The summed E-state index contributed by atoms with van der Waals surface area (Å²) in [6.07, 6.45) is 0. The topological polar surface area (TPSA) is 54.9 Å². The van der Waals surface area contributed by atoms with E-state index in [1.807, 2.05) is 0 Å². The van der Waals surface area contributed by atoms with E-state index in [9.17, 15) is 18.0 Å². The van der Waals surface area contributed by atoms with Gasteiger partial charge in [0.05, 0.1) is 0 Å². The molecule has 0 spiro atoms. The zero-order valence-corrected chi connectivity index (χ0v) is 8.89. The first-order valence-electron chi connectivity index (χ1n) is 4.30. The van der Waals surface area contributed by atoms with E-state index in [1.54, 1.807) is 0 Å². The third-order valence-electron chi connectivity index (χ3n) is 1.83. The number of amides is 1. The number of carbonyl (C=O) groups is 1. The summed E-state index contributed by atoms with van der Waals surface area (Å²) >= 11 is 1.04. The fraction of sp³-hybridized carbons (Fsp3) is 0. The van der Waals surface area contributed by atoms with Crippen molar-refractivity contribution in [3.63, 3.8) is 0 Å². The van der Waals surface area contributed by atoms with Crippen LogP contribution in [-0.2, 0) is 0 Å². The zero-order valence-electron chi connectivity index (χ0n) is 8.08. The van der Waals surface area contributed by atoms with Crippen LogP contribution in [0.1, 0.15) is 10.4 Å². The normalized spacial score (nSPS) is 10.3. The van der Waals surface area contributed by atoms with Crippen molar-refractivity contribution < 1.29 is 18.0 Å². The van der Waals surface area contributed by atoms with Gasteiger partial charge in [0.15, 0.2) is 17.5 Å². The van der Waals surface area contributed by atoms with Gasteiger partial charge < -0.3 is 0 Å². The number of nitrogens with one attached hydrogen (secondary N) is 1. The van der Waals surface area contributed by atoms with Gasteiger partial charge in [0, 0.05) is 5.56 Å². The van der Waals surface area contributed by atoms with Crippen molar-refractivity contribution in [2.24, 2.45) is 0 Å². The molecule has 0 saturated carbocycles. The first-order valence-corrected chi connectivity index (χ1v) is 5.18. The highest BCUT2D eigenvalue weighted by molar-refractivity contribution is 7.13. The maximum Gasteiger partial charge on any atom is 0.257 e. The van der Waals surface area contributed by atoms with E-state index in [2.05, 4.69) is 15.5 Å². The van der Waals surface area contributed by atoms with Crippen LogP contribution in [0.2, 0.25) is 0 Å². The lowest BCUT2D eigenvalue weighted by Crippen LogP contribution is -2.13. The molecule has 0 aliphatic heterocycles. The summed E-state index contributed by atoms with van der Waals surface area (Å²) in [4.78, 5) is 11.5. The minimum atomic E-state index is -1.61. The maximum absolute atomic E-state index is 12.9. The second-order valence-corrected chi connectivity index (χ2v) is 3.79. The standard InChI is InChI=1S/C9H4F3N3OS/c10-5-1-4(2-6(11)7(5)12)8(16)14-9-15-13-3-17-9/h1-3H,(H,14,15,16). The molecule has 8 heteroatoms. The van der Waals surface area contributed by atoms with E-state index in [0.29, 0.717) is 12.1 Å². The van der Waals surface area contributed by atoms with Crippen LogP contribution in [0.5, 0.6) is 0 Å². The number of benzene rings is 1. The first-order chi connectivity index (χ1) is 8.08. The minimum absolute atomic E-state index is 0.181. The van der Waals surface area contributed by atoms with E-state index in [0.717, 1.165) is 11.3 Å². The SMILES string of the molecule is O=C(Nc1nncs1)c1cc(F)c(F)c(F)c1. The molecule has 1 N–H and O–H groups in total. The van der Waals surface area contributed by atoms with Crippen LogP contribution in [0.3, 0.4) is 0 Å². The molecule has 2 aromatic rings. The molecule has 0 radical (unpaired) electrons. The van der Waals surface area contributed by atoms with Gasteiger partial charge in [-0.05, 0) is 12.1 Å². The van der Waals surface area contributed by atoms with Gasteiger partial charge >= 0.3 is 0 Å². The van der Waals surface area contributed by atoms with E-state index in [1.165, 1.54) is 5.51 Å². The summed E-state index contributed by atoms with van der Waals surface area (Å²) < 4.78 is 38.4. The Kier molecular flexibility index (Phi) is 3.05. The smallest absolute Gasteiger partial charge is 0.257 e. The number of rotatable bonds is 2. The average molecular weight is 259 g/mol. The fourth-order valence-electron chi connectivity index (χ4n) is 1.08. The molecule has 0 bridgehead atoms. The van der Waals surface area contributed by atoms with Gasteiger partial charge in [0.2, 0.25) is 5.13 Å². The number of nitrogens with zero attached hydrogens (tertiary/aromatic N) is 2. The van der Waals surface area contributed by atoms with Crippen molar-refractivity contribution in [1.82, 2.24) is 10.2 Å². The Bertz CT molecular complexity index is 536. The molecule has 1 aromatic heterocycles. The molecular formula is C9H4F3N3OS. The number of hydrogen-bond acceptors (Lipinski definition) is 4. The lowest BCUT2D eigenvalue weighted by atomic mass is 10.2. The molecule has 88 valence electrons. The van der Waals surface area contributed by atoms with Crippen molar-refractivity contribution in [2.45, 2.75) is 0 Å². The van der Waals surface area contributed by atoms with Crippen LogP contribution in [-0.4, -0.2) is 16.1 Å². The Morgan fingerprint density at radius 1 is 1.24 bits per heavy atom. The number of halogens is 3. The molecule has 0 aliphatic rings. The second-order valence-electron chi connectivity index (χ2n) is 2.95. The molecular weight excluding hydrogens is 255 g/mol. The Morgan fingerprint density at radius 2 is 1.88 bits per heavy atom. The summed E-state index contributed by atoms with van der Waals surface area (Å²) in [6.45, 7) is 0. The van der Waals surface area contributed by atoms with Gasteiger partial charge in [0.25, 0.3) is 5.91 Å². The first kappa shape index (κ1) is 11.5. The summed E-state index contributed by atoms with van der Waals surface area (Å²) in [7, 11) is 0. The van der Waals surface area contributed by atoms with Gasteiger partial charge in [0.1, 0.15) is 5.51 Å². The number of carbonyl (C=O) groups excluding carboxylic acids is 1. The van der Waals surface area contributed by atoms with Gasteiger partial charge in [-0.15, -0.1) is 10.2 Å². The summed E-state index contributed by atoms with van der Waals surface area (Å²) in [5, 5.41) is 9.43. The molecule has 1 aromatic carbocycles. The Hall–Kier alpha value is -1.96. The number of hydrogen-bond donors (Lipinski definition) is 1. The molecule has 0 atom stereocenters. The predicted molar refractivity (Wildman–Crippen MR) is 54.2 cm³/mol. The fourth-order valence-corrected chi connectivity index (χ4v) is 1.52. The van der Waals surface area contributed by atoms with E-state index < -0.39 is 23.4 Å². The lowest BCUT2D eigenvalue weighted by molar-refractivity contribution is 0.102. The van der Waals surface area contributed by atoms with Gasteiger partial charge in [-0.1, -0.05) is 11.3 Å². The average Bonchev–Trinajstić information content (AvgIpc) is 2.77. The lowest BCUT2D eigenvalue weighted by Gasteiger charge is -2.02. The van der Waals surface area contributed by atoms with Crippen LogP contribution in [0, 0.1) is 17.5 Å². The van der Waals surface area contributed by atoms with Crippen LogP contribution in [0.25, 0.3) is 0 Å². The number of aromatic nitrogens is 2. The zero-order chi connectivity index (χ0) is 12.4. The van der Waals surface area contributed by atoms with Crippen LogP contribution in [0.4, 0.5) is 18.3 Å². The van der Waals surface area contributed by atoms with Crippen molar-refractivity contribution in [2.75, 3.05) is 5.32 Å². The molecule has 0 saturated heterocycles. The molecule has 1 heterocycles. The Labute approximate surface area is 97.1 Å². The van der Waals surface area contributed by atoms with Gasteiger partial charge in [-0.2, -0.15) is 0 Å².